The Morgan fingerprint density at radius 3 is 2.33 bits per heavy atom. The third kappa shape index (κ3) is 4.17. The van der Waals surface area contributed by atoms with Crippen molar-refractivity contribution in [3.8, 4) is 11.3 Å². The maximum absolute atomic E-state index is 12.4. The Balaban J connectivity index is 1.62. The second-order valence-electron chi connectivity index (χ2n) is 6.85. The number of carbonyl (C=O) groups is 1. The lowest BCUT2D eigenvalue weighted by Crippen LogP contribution is -2.25. The van der Waals surface area contributed by atoms with Gasteiger partial charge in [-0.15, -0.1) is 0 Å². The molecule has 1 saturated heterocycles. The fraction of sp³-hybridized carbons (Fsp3) is 0.217. The second kappa shape index (κ2) is 8.04. The summed E-state index contributed by atoms with van der Waals surface area (Å²) in [6.45, 7) is 2.43. The van der Waals surface area contributed by atoms with E-state index in [0.29, 0.717) is 6.54 Å². The van der Waals surface area contributed by atoms with Crippen molar-refractivity contribution in [3.63, 3.8) is 0 Å². The molecule has 0 unspecified atom stereocenters. The van der Waals surface area contributed by atoms with Gasteiger partial charge in [0.15, 0.2) is 0 Å². The molecule has 0 saturated carbocycles. The van der Waals surface area contributed by atoms with Crippen molar-refractivity contribution in [2.24, 2.45) is 0 Å². The highest BCUT2D eigenvalue weighted by Gasteiger charge is 2.16. The first kappa shape index (κ1) is 17.3. The number of hydrogen-bond acceptors (Lipinski definition) is 2. The molecule has 1 amide bonds. The smallest absolute Gasteiger partial charge is 0.246 e. The van der Waals surface area contributed by atoms with Crippen molar-refractivity contribution in [2.45, 2.75) is 19.4 Å². The number of carbonyl (C=O) groups excluding carboxylic acids is 1. The van der Waals surface area contributed by atoms with Gasteiger partial charge < -0.3 is 4.90 Å². The zero-order valence-electron chi connectivity index (χ0n) is 15.3. The molecule has 0 aliphatic carbocycles. The maximum atomic E-state index is 12.4. The second-order valence-corrected chi connectivity index (χ2v) is 6.85. The minimum atomic E-state index is 0.0855. The molecule has 27 heavy (non-hydrogen) atoms. The predicted molar refractivity (Wildman–Crippen MR) is 108 cm³/mol. The Morgan fingerprint density at radius 2 is 1.63 bits per heavy atom. The molecule has 2 heterocycles. The van der Waals surface area contributed by atoms with Crippen molar-refractivity contribution in [1.82, 2.24) is 14.7 Å². The summed E-state index contributed by atoms with van der Waals surface area (Å²) in [5.74, 6) is 0.0855. The fourth-order valence-electron chi connectivity index (χ4n) is 3.43. The van der Waals surface area contributed by atoms with Gasteiger partial charge in [-0.1, -0.05) is 60.7 Å². The lowest BCUT2D eigenvalue weighted by atomic mass is 10.1. The van der Waals surface area contributed by atoms with Gasteiger partial charge in [0.25, 0.3) is 0 Å². The van der Waals surface area contributed by atoms with Gasteiger partial charge in [-0.2, -0.15) is 5.10 Å². The van der Waals surface area contributed by atoms with Crippen LogP contribution in [0.3, 0.4) is 0 Å². The molecule has 1 fully saturated rings. The quantitative estimate of drug-likeness (QED) is 0.641. The lowest BCUT2D eigenvalue weighted by Gasteiger charge is -2.11. The molecule has 0 atom stereocenters. The normalized spacial score (nSPS) is 14.1. The van der Waals surface area contributed by atoms with E-state index in [9.17, 15) is 4.79 Å². The van der Waals surface area contributed by atoms with Crippen molar-refractivity contribution in [3.05, 3.63) is 84.1 Å². The Hall–Kier alpha value is -3.14. The van der Waals surface area contributed by atoms with Crippen molar-refractivity contribution >= 4 is 12.0 Å². The summed E-state index contributed by atoms with van der Waals surface area (Å²) in [7, 11) is 0. The standard InChI is InChI=1S/C23H23N3O/c27-22(25-15-7-8-16-25)14-13-21-18-26(17-19-9-3-1-4-10-19)24-23(21)20-11-5-2-6-12-20/h1-6,9-14,18H,7-8,15-17H2/b14-13+. The summed E-state index contributed by atoms with van der Waals surface area (Å²) in [5.41, 5.74) is 4.11. The van der Waals surface area contributed by atoms with Crippen LogP contribution in [0.2, 0.25) is 0 Å². The van der Waals surface area contributed by atoms with Crippen molar-refractivity contribution in [1.29, 1.82) is 0 Å². The van der Waals surface area contributed by atoms with E-state index in [-0.39, 0.29) is 5.91 Å². The van der Waals surface area contributed by atoms with Crippen LogP contribution < -0.4 is 0 Å². The third-order valence-electron chi connectivity index (χ3n) is 4.85. The summed E-state index contributed by atoms with van der Waals surface area (Å²) in [5, 5.41) is 4.79. The average molecular weight is 357 g/mol. The summed E-state index contributed by atoms with van der Waals surface area (Å²) in [4.78, 5) is 14.3. The number of rotatable bonds is 5. The highest BCUT2D eigenvalue weighted by Crippen LogP contribution is 2.23. The highest BCUT2D eigenvalue weighted by molar-refractivity contribution is 5.93. The van der Waals surface area contributed by atoms with Crippen LogP contribution in [-0.4, -0.2) is 33.7 Å². The van der Waals surface area contributed by atoms with Crippen LogP contribution in [0.5, 0.6) is 0 Å². The summed E-state index contributed by atoms with van der Waals surface area (Å²) in [6.07, 6.45) is 7.80. The minimum absolute atomic E-state index is 0.0855. The number of benzene rings is 2. The number of hydrogen-bond donors (Lipinski definition) is 0. The topological polar surface area (TPSA) is 38.1 Å². The molecule has 0 spiro atoms. The fourth-order valence-corrected chi connectivity index (χ4v) is 3.43. The molecule has 4 heteroatoms. The van der Waals surface area contributed by atoms with Crippen molar-refractivity contribution in [2.75, 3.05) is 13.1 Å². The molecule has 2 aromatic carbocycles. The van der Waals surface area contributed by atoms with Gasteiger partial charge in [0.2, 0.25) is 5.91 Å². The monoisotopic (exact) mass is 357 g/mol. The molecular formula is C23H23N3O. The highest BCUT2D eigenvalue weighted by atomic mass is 16.2. The molecular weight excluding hydrogens is 334 g/mol. The van der Waals surface area contributed by atoms with Crippen LogP contribution in [0.15, 0.2) is 72.9 Å². The van der Waals surface area contributed by atoms with E-state index in [4.69, 9.17) is 5.10 Å². The molecule has 136 valence electrons. The number of amides is 1. The number of likely N-dealkylation sites (tertiary alicyclic amines) is 1. The summed E-state index contributed by atoms with van der Waals surface area (Å²) >= 11 is 0. The first-order valence-electron chi connectivity index (χ1n) is 9.43. The van der Waals surface area contributed by atoms with E-state index in [1.54, 1.807) is 6.08 Å². The Labute approximate surface area is 159 Å². The summed E-state index contributed by atoms with van der Waals surface area (Å²) in [6, 6.07) is 20.4. The largest absolute Gasteiger partial charge is 0.339 e. The van der Waals surface area contributed by atoms with Gasteiger partial charge in [-0.3, -0.25) is 9.48 Å². The van der Waals surface area contributed by atoms with Crippen LogP contribution in [0, 0.1) is 0 Å². The molecule has 1 aliphatic rings. The zero-order valence-corrected chi connectivity index (χ0v) is 15.3. The van der Waals surface area contributed by atoms with Gasteiger partial charge in [0, 0.05) is 36.5 Å². The predicted octanol–water partition coefficient (Wildman–Crippen LogP) is 4.23. The van der Waals surface area contributed by atoms with Crippen LogP contribution in [0.1, 0.15) is 24.0 Å². The molecule has 1 aliphatic heterocycles. The van der Waals surface area contributed by atoms with E-state index in [2.05, 4.69) is 24.3 Å². The zero-order chi connectivity index (χ0) is 18.5. The SMILES string of the molecule is O=C(/C=C/c1cn(Cc2ccccc2)nc1-c1ccccc1)N1CCCC1. The van der Waals surface area contributed by atoms with Gasteiger partial charge in [-0.25, -0.2) is 0 Å². The van der Waals surface area contributed by atoms with Crippen LogP contribution in [-0.2, 0) is 11.3 Å². The van der Waals surface area contributed by atoms with Crippen LogP contribution >= 0.6 is 0 Å². The molecule has 0 N–H and O–H groups in total. The molecule has 4 nitrogen and oxygen atoms in total. The van der Waals surface area contributed by atoms with E-state index in [1.807, 2.05) is 58.3 Å². The molecule has 1 aromatic heterocycles. The molecule has 4 rings (SSSR count). The Kier molecular flexibility index (Phi) is 5.15. The Morgan fingerprint density at radius 1 is 0.963 bits per heavy atom. The summed E-state index contributed by atoms with van der Waals surface area (Å²) < 4.78 is 1.94. The van der Waals surface area contributed by atoms with E-state index >= 15 is 0 Å². The van der Waals surface area contributed by atoms with Gasteiger partial charge >= 0.3 is 0 Å². The van der Waals surface area contributed by atoms with Gasteiger partial charge in [0.1, 0.15) is 0 Å². The lowest BCUT2D eigenvalue weighted by molar-refractivity contribution is -0.124. The van der Waals surface area contributed by atoms with E-state index < -0.39 is 0 Å². The van der Waals surface area contributed by atoms with E-state index in [0.717, 1.165) is 42.8 Å². The molecule has 0 radical (unpaired) electrons. The molecule has 3 aromatic rings. The van der Waals surface area contributed by atoms with Crippen LogP contribution in [0.25, 0.3) is 17.3 Å². The maximum Gasteiger partial charge on any atom is 0.246 e. The van der Waals surface area contributed by atoms with Crippen LogP contribution in [0.4, 0.5) is 0 Å². The number of nitrogens with zero attached hydrogens (tertiary/aromatic N) is 3. The first-order chi connectivity index (χ1) is 13.3. The average Bonchev–Trinajstić information content (AvgIpc) is 3.38. The minimum Gasteiger partial charge on any atom is -0.339 e. The molecule has 0 bridgehead atoms. The van der Waals surface area contributed by atoms with E-state index in [1.165, 1.54) is 5.56 Å². The number of aromatic nitrogens is 2. The van der Waals surface area contributed by atoms with Gasteiger partial charge in [-0.05, 0) is 24.5 Å². The first-order valence-corrected chi connectivity index (χ1v) is 9.43. The Bertz CT molecular complexity index is 923. The van der Waals surface area contributed by atoms with Gasteiger partial charge in [0.05, 0.1) is 12.2 Å². The third-order valence-corrected chi connectivity index (χ3v) is 4.85. The van der Waals surface area contributed by atoms with Crippen molar-refractivity contribution < 1.29 is 4.79 Å².